The van der Waals surface area contributed by atoms with Crippen molar-refractivity contribution in [1.29, 1.82) is 0 Å². The lowest BCUT2D eigenvalue weighted by molar-refractivity contribution is 0.251. The number of nitrogens with zero attached hydrogens (tertiary/aromatic N) is 1. The van der Waals surface area contributed by atoms with Crippen molar-refractivity contribution in [2.24, 2.45) is 0 Å². The van der Waals surface area contributed by atoms with Gasteiger partial charge in [-0.3, -0.25) is 0 Å². The van der Waals surface area contributed by atoms with Crippen molar-refractivity contribution in [2.75, 3.05) is 5.32 Å². The third kappa shape index (κ3) is 3.57. The number of amides is 2. The number of halogens is 1. The van der Waals surface area contributed by atoms with Gasteiger partial charge < -0.3 is 15.1 Å². The van der Waals surface area contributed by atoms with Crippen LogP contribution in [0.2, 0.25) is 0 Å². The minimum Gasteiger partial charge on any atom is -0.462 e. The molecule has 23 heavy (non-hydrogen) atoms. The van der Waals surface area contributed by atoms with Crippen LogP contribution in [0, 0.1) is 12.7 Å². The molecule has 0 aliphatic carbocycles. The Morgan fingerprint density at radius 2 is 2.13 bits per heavy atom. The topological polar surface area (TPSA) is 67.2 Å². The fourth-order valence-electron chi connectivity index (χ4n) is 1.99. The Kier molecular flexibility index (Phi) is 4.38. The molecule has 5 nitrogen and oxygen atoms in total. The molecule has 2 heterocycles. The van der Waals surface area contributed by atoms with Crippen LogP contribution in [-0.2, 0) is 6.54 Å². The Balaban J connectivity index is 1.62. The molecule has 0 radical (unpaired) electrons. The highest BCUT2D eigenvalue weighted by atomic mass is 32.1. The monoisotopic (exact) mass is 331 g/mol. The molecule has 7 heteroatoms. The summed E-state index contributed by atoms with van der Waals surface area (Å²) in [4.78, 5) is 17.2. The Morgan fingerprint density at radius 3 is 2.87 bits per heavy atom. The molecule has 0 aliphatic heterocycles. The molecule has 0 spiro atoms. The number of carbonyl (C=O) groups is 1. The molecule has 0 unspecified atom stereocenters. The van der Waals surface area contributed by atoms with E-state index in [1.807, 2.05) is 13.0 Å². The van der Waals surface area contributed by atoms with E-state index in [1.54, 1.807) is 24.5 Å². The average Bonchev–Trinajstić information content (AvgIpc) is 3.17. The zero-order chi connectivity index (χ0) is 16.2. The summed E-state index contributed by atoms with van der Waals surface area (Å²) in [7, 11) is 0. The molecule has 0 fully saturated rings. The summed E-state index contributed by atoms with van der Waals surface area (Å²) in [5, 5.41) is 5.93. The predicted octanol–water partition coefficient (Wildman–Crippen LogP) is 4.17. The second-order valence-electron chi connectivity index (χ2n) is 4.79. The highest BCUT2D eigenvalue weighted by molar-refractivity contribution is 7.15. The molecule has 0 saturated carbocycles. The molecule has 2 amide bonds. The van der Waals surface area contributed by atoms with Crippen LogP contribution in [0.1, 0.15) is 10.6 Å². The number of urea groups is 1. The second kappa shape index (κ2) is 6.62. The van der Waals surface area contributed by atoms with Crippen LogP contribution in [0.4, 0.5) is 14.9 Å². The van der Waals surface area contributed by atoms with E-state index in [-0.39, 0.29) is 5.69 Å². The van der Waals surface area contributed by atoms with Gasteiger partial charge in [-0.05, 0) is 31.2 Å². The fraction of sp³-hybridized carbons (Fsp3) is 0.125. The van der Waals surface area contributed by atoms with Crippen molar-refractivity contribution < 1.29 is 13.6 Å². The first kappa shape index (κ1) is 15.2. The van der Waals surface area contributed by atoms with E-state index < -0.39 is 11.8 Å². The zero-order valence-corrected chi connectivity index (χ0v) is 13.1. The lowest BCUT2D eigenvalue weighted by atomic mass is 10.3. The summed E-state index contributed by atoms with van der Waals surface area (Å²) in [6.45, 7) is 2.18. The highest BCUT2D eigenvalue weighted by Gasteiger charge is 2.12. The number of carbonyl (C=O) groups excluding carboxylic acids is 1. The van der Waals surface area contributed by atoms with Gasteiger partial charge in [-0.15, -0.1) is 11.3 Å². The number of thiazole rings is 1. The average molecular weight is 331 g/mol. The number of aryl methyl sites for hydroxylation is 1. The first-order valence-electron chi connectivity index (χ1n) is 6.93. The van der Waals surface area contributed by atoms with Gasteiger partial charge in [0.2, 0.25) is 0 Å². The number of aromatic nitrogens is 1. The fourth-order valence-corrected chi connectivity index (χ4v) is 2.96. The number of para-hydroxylation sites is 1. The molecule has 2 N–H and O–H groups in total. The SMILES string of the molecule is Cc1nc(-c2ccco2)sc1CNC(=O)Nc1ccccc1F. The molecule has 118 valence electrons. The van der Waals surface area contributed by atoms with E-state index in [2.05, 4.69) is 15.6 Å². The van der Waals surface area contributed by atoms with Gasteiger partial charge in [0, 0.05) is 4.88 Å². The minimum absolute atomic E-state index is 0.141. The van der Waals surface area contributed by atoms with E-state index in [1.165, 1.54) is 23.5 Å². The number of nitrogens with one attached hydrogen (secondary N) is 2. The first-order valence-corrected chi connectivity index (χ1v) is 7.74. The Labute approximate surface area is 136 Å². The molecule has 3 aromatic rings. The van der Waals surface area contributed by atoms with Crippen LogP contribution in [0.15, 0.2) is 47.1 Å². The third-order valence-corrected chi connectivity index (χ3v) is 4.33. The Bertz CT molecular complexity index is 815. The molecular formula is C16H14FN3O2S. The quantitative estimate of drug-likeness (QED) is 0.754. The normalized spacial score (nSPS) is 10.5. The van der Waals surface area contributed by atoms with Gasteiger partial charge in [0.05, 0.1) is 24.2 Å². The number of anilines is 1. The number of rotatable bonds is 4. The lowest BCUT2D eigenvalue weighted by Crippen LogP contribution is -2.28. The smallest absolute Gasteiger partial charge is 0.319 e. The standard InChI is InChI=1S/C16H14FN3O2S/c1-10-14(23-15(19-10)13-7-4-8-22-13)9-18-16(21)20-12-6-3-2-5-11(12)17/h2-8H,9H2,1H3,(H2,18,20,21). The molecule has 2 aromatic heterocycles. The van der Waals surface area contributed by atoms with Crippen LogP contribution in [0.25, 0.3) is 10.8 Å². The maximum absolute atomic E-state index is 13.5. The third-order valence-electron chi connectivity index (χ3n) is 3.16. The van der Waals surface area contributed by atoms with Crippen molar-refractivity contribution in [2.45, 2.75) is 13.5 Å². The van der Waals surface area contributed by atoms with Gasteiger partial charge in [-0.25, -0.2) is 14.2 Å². The van der Waals surface area contributed by atoms with Crippen molar-refractivity contribution in [3.05, 3.63) is 59.0 Å². The molecule has 3 rings (SSSR count). The largest absolute Gasteiger partial charge is 0.462 e. The van der Waals surface area contributed by atoms with Gasteiger partial charge in [-0.1, -0.05) is 12.1 Å². The summed E-state index contributed by atoms with van der Waals surface area (Å²) >= 11 is 1.45. The summed E-state index contributed by atoms with van der Waals surface area (Å²) in [6, 6.07) is 9.17. The van der Waals surface area contributed by atoms with E-state index in [0.29, 0.717) is 12.3 Å². The second-order valence-corrected chi connectivity index (χ2v) is 5.88. The number of hydrogen-bond donors (Lipinski definition) is 2. The van der Waals surface area contributed by atoms with E-state index in [4.69, 9.17) is 4.42 Å². The maximum Gasteiger partial charge on any atom is 0.319 e. The summed E-state index contributed by atoms with van der Waals surface area (Å²) in [6.07, 6.45) is 1.59. The van der Waals surface area contributed by atoms with Crippen LogP contribution in [0.3, 0.4) is 0 Å². The van der Waals surface area contributed by atoms with Crippen LogP contribution < -0.4 is 10.6 Å². The molecule has 0 atom stereocenters. The lowest BCUT2D eigenvalue weighted by Gasteiger charge is -2.07. The number of hydrogen-bond acceptors (Lipinski definition) is 4. The molecule has 0 bridgehead atoms. The van der Waals surface area contributed by atoms with Gasteiger partial charge >= 0.3 is 6.03 Å². The van der Waals surface area contributed by atoms with Crippen molar-refractivity contribution in [3.63, 3.8) is 0 Å². The molecular weight excluding hydrogens is 317 g/mol. The van der Waals surface area contributed by atoms with Crippen molar-refractivity contribution in [3.8, 4) is 10.8 Å². The summed E-state index contributed by atoms with van der Waals surface area (Å²) in [5.41, 5.74) is 0.967. The highest BCUT2D eigenvalue weighted by Crippen LogP contribution is 2.28. The Morgan fingerprint density at radius 1 is 1.30 bits per heavy atom. The van der Waals surface area contributed by atoms with Gasteiger partial charge in [-0.2, -0.15) is 0 Å². The maximum atomic E-state index is 13.5. The summed E-state index contributed by atoms with van der Waals surface area (Å²) in [5.74, 6) is 0.219. The zero-order valence-electron chi connectivity index (χ0n) is 12.3. The molecule has 0 saturated heterocycles. The van der Waals surface area contributed by atoms with Crippen LogP contribution >= 0.6 is 11.3 Å². The molecule has 0 aliphatic rings. The van der Waals surface area contributed by atoms with Gasteiger partial charge in [0.25, 0.3) is 0 Å². The number of furan rings is 1. The number of benzene rings is 1. The minimum atomic E-state index is -0.475. The summed E-state index contributed by atoms with van der Waals surface area (Å²) < 4.78 is 18.8. The van der Waals surface area contributed by atoms with Crippen LogP contribution in [0.5, 0.6) is 0 Å². The van der Waals surface area contributed by atoms with E-state index in [9.17, 15) is 9.18 Å². The molecule has 1 aromatic carbocycles. The Hall–Kier alpha value is -2.67. The predicted molar refractivity (Wildman–Crippen MR) is 86.8 cm³/mol. The van der Waals surface area contributed by atoms with Crippen molar-refractivity contribution in [1.82, 2.24) is 10.3 Å². The first-order chi connectivity index (χ1) is 11.1. The van der Waals surface area contributed by atoms with E-state index >= 15 is 0 Å². The van der Waals surface area contributed by atoms with E-state index in [0.717, 1.165) is 15.6 Å². The van der Waals surface area contributed by atoms with Crippen molar-refractivity contribution >= 4 is 23.1 Å². The van der Waals surface area contributed by atoms with Crippen LogP contribution in [-0.4, -0.2) is 11.0 Å². The van der Waals surface area contributed by atoms with Gasteiger partial charge in [0.1, 0.15) is 5.82 Å². The van der Waals surface area contributed by atoms with Gasteiger partial charge in [0.15, 0.2) is 10.8 Å².